The highest BCUT2D eigenvalue weighted by Gasteiger charge is 2.12. The smallest absolute Gasteiger partial charge is 0.248 e. The molecule has 0 radical (unpaired) electrons. The van der Waals surface area contributed by atoms with E-state index in [1.54, 1.807) is 24.4 Å². The van der Waals surface area contributed by atoms with E-state index in [-0.39, 0.29) is 12.3 Å². The minimum absolute atomic E-state index is 0.108. The number of thiazole rings is 1. The molecule has 2 aromatic heterocycles. The molecule has 0 spiro atoms. The first-order valence-electron chi connectivity index (χ1n) is 8.59. The van der Waals surface area contributed by atoms with Crippen LogP contribution in [0.5, 0.6) is 0 Å². The van der Waals surface area contributed by atoms with Gasteiger partial charge in [-0.25, -0.2) is 4.98 Å². The third-order valence-electron chi connectivity index (χ3n) is 4.27. The van der Waals surface area contributed by atoms with Crippen molar-refractivity contribution in [1.82, 2.24) is 15.2 Å². The van der Waals surface area contributed by atoms with Crippen molar-refractivity contribution in [3.8, 4) is 11.3 Å². The number of amides is 2. The fourth-order valence-electron chi connectivity index (χ4n) is 2.98. The molecule has 0 fully saturated rings. The van der Waals surface area contributed by atoms with E-state index in [4.69, 9.17) is 5.73 Å². The van der Waals surface area contributed by atoms with Crippen LogP contribution in [0.1, 0.15) is 20.2 Å². The van der Waals surface area contributed by atoms with Gasteiger partial charge in [0.2, 0.25) is 11.8 Å². The zero-order valence-corrected chi connectivity index (χ0v) is 15.8. The van der Waals surface area contributed by atoms with Crippen LogP contribution in [0.3, 0.4) is 0 Å². The van der Waals surface area contributed by atoms with Crippen LogP contribution in [0.25, 0.3) is 22.2 Å². The molecule has 140 valence electrons. The second kappa shape index (κ2) is 7.24. The predicted octanol–water partition coefficient (Wildman–Crippen LogP) is 3.27. The average molecular weight is 391 g/mol. The number of aromatic nitrogens is 3. The third kappa shape index (κ3) is 3.63. The van der Waals surface area contributed by atoms with E-state index >= 15 is 0 Å². The molecule has 28 heavy (non-hydrogen) atoms. The van der Waals surface area contributed by atoms with E-state index < -0.39 is 5.91 Å². The maximum Gasteiger partial charge on any atom is 0.248 e. The molecule has 0 bridgehead atoms. The Balaban J connectivity index is 1.60. The number of benzene rings is 2. The van der Waals surface area contributed by atoms with Crippen LogP contribution in [-0.2, 0) is 11.2 Å². The summed E-state index contributed by atoms with van der Waals surface area (Å²) in [4.78, 5) is 28.9. The number of aryl methyl sites for hydroxylation is 1. The highest BCUT2D eigenvalue weighted by molar-refractivity contribution is 7.11. The van der Waals surface area contributed by atoms with Gasteiger partial charge in [0, 0.05) is 33.3 Å². The second-order valence-electron chi connectivity index (χ2n) is 6.35. The second-order valence-corrected chi connectivity index (χ2v) is 7.67. The SMILES string of the molecule is Cc1ncc(CC(=O)Nc2cccc(-c3n[nH]c4ccc(C(N)=O)cc34)c2)s1. The lowest BCUT2D eigenvalue weighted by atomic mass is 10.0. The number of aromatic amines is 1. The summed E-state index contributed by atoms with van der Waals surface area (Å²) in [6.45, 7) is 1.91. The summed E-state index contributed by atoms with van der Waals surface area (Å²) in [6.07, 6.45) is 2.01. The first-order chi connectivity index (χ1) is 13.5. The zero-order chi connectivity index (χ0) is 19.7. The molecule has 0 unspecified atom stereocenters. The molecule has 2 amide bonds. The summed E-state index contributed by atoms with van der Waals surface area (Å²) in [7, 11) is 0. The van der Waals surface area contributed by atoms with Crippen LogP contribution < -0.4 is 11.1 Å². The fourth-order valence-corrected chi connectivity index (χ4v) is 3.78. The lowest BCUT2D eigenvalue weighted by Crippen LogP contribution is -2.13. The number of hydrogen-bond acceptors (Lipinski definition) is 5. The van der Waals surface area contributed by atoms with Gasteiger partial charge < -0.3 is 11.1 Å². The van der Waals surface area contributed by atoms with Gasteiger partial charge in [-0.1, -0.05) is 12.1 Å². The molecule has 7 nitrogen and oxygen atoms in total. The maximum absolute atomic E-state index is 12.3. The molecule has 4 rings (SSSR count). The monoisotopic (exact) mass is 391 g/mol. The highest BCUT2D eigenvalue weighted by atomic mass is 32.1. The standard InChI is InChI=1S/C20H17N5O2S/c1-11-22-10-15(28-11)9-18(26)23-14-4-2-3-12(7-14)19-16-8-13(20(21)27)5-6-17(16)24-25-19/h2-8,10H,9H2,1H3,(H2,21,27)(H,23,26)(H,24,25). The highest BCUT2D eigenvalue weighted by Crippen LogP contribution is 2.29. The van der Waals surface area contributed by atoms with Gasteiger partial charge in [-0.15, -0.1) is 11.3 Å². The van der Waals surface area contributed by atoms with E-state index in [0.717, 1.165) is 26.4 Å². The molecule has 0 atom stereocenters. The normalized spacial score (nSPS) is 10.9. The van der Waals surface area contributed by atoms with Crippen molar-refractivity contribution in [3.63, 3.8) is 0 Å². The summed E-state index contributed by atoms with van der Waals surface area (Å²) in [5, 5.41) is 11.9. The molecule has 0 saturated heterocycles. The number of primary amides is 1. The van der Waals surface area contributed by atoms with Crippen molar-refractivity contribution in [2.45, 2.75) is 13.3 Å². The van der Waals surface area contributed by atoms with Gasteiger partial charge in [-0.2, -0.15) is 5.10 Å². The van der Waals surface area contributed by atoms with Crippen molar-refractivity contribution in [2.75, 3.05) is 5.32 Å². The molecule has 2 heterocycles. The van der Waals surface area contributed by atoms with Crippen molar-refractivity contribution >= 4 is 39.7 Å². The van der Waals surface area contributed by atoms with E-state index in [1.807, 2.05) is 31.2 Å². The largest absolute Gasteiger partial charge is 0.366 e. The van der Waals surface area contributed by atoms with Gasteiger partial charge in [0.25, 0.3) is 0 Å². The molecule has 8 heteroatoms. The van der Waals surface area contributed by atoms with Crippen LogP contribution in [0, 0.1) is 6.92 Å². The van der Waals surface area contributed by atoms with Crippen LogP contribution >= 0.6 is 11.3 Å². The predicted molar refractivity (Wildman–Crippen MR) is 109 cm³/mol. The van der Waals surface area contributed by atoms with E-state index in [1.165, 1.54) is 11.3 Å². The van der Waals surface area contributed by atoms with E-state index in [2.05, 4.69) is 20.5 Å². The molecule has 0 aliphatic heterocycles. The van der Waals surface area contributed by atoms with Crippen molar-refractivity contribution in [2.24, 2.45) is 5.73 Å². The number of carbonyl (C=O) groups is 2. The Morgan fingerprint density at radius 1 is 1.21 bits per heavy atom. The molecule has 0 aliphatic carbocycles. The van der Waals surface area contributed by atoms with Crippen LogP contribution in [0.4, 0.5) is 5.69 Å². The number of nitrogens with zero attached hydrogens (tertiary/aromatic N) is 2. The van der Waals surface area contributed by atoms with Crippen molar-refractivity contribution in [3.05, 3.63) is 64.1 Å². The van der Waals surface area contributed by atoms with Crippen LogP contribution in [-0.4, -0.2) is 27.0 Å². The van der Waals surface area contributed by atoms with Gasteiger partial charge >= 0.3 is 0 Å². The third-order valence-corrected chi connectivity index (χ3v) is 5.18. The topological polar surface area (TPSA) is 114 Å². The Morgan fingerprint density at radius 2 is 2.07 bits per heavy atom. The molecule has 4 N–H and O–H groups in total. The summed E-state index contributed by atoms with van der Waals surface area (Å²) >= 11 is 1.51. The number of nitrogens with one attached hydrogen (secondary N) is 2. The molecular weight excluding hydrogens is 374 g/mol. The van der Waals surface area contributed by atoms with Crippen LogP contribution in [0.15, 0.2) is 48.7 Å². The number of rotatable bonds is 5. The lowest BCUT2D eigenvalue weighted by molar-refractivity contribution is -0.115. The minimum atomic E-state index is -0.492. The van der Waals surface area contributed by atoms with Gasteiger partial charge in [0.05, 0.1) is 22.6 Å². The maximum atomic E-state index is 12.3. The lowest BCUT2D eigenvalue weighted by Gasteiger charge is -2.06. The zero-order valence-electron chi connectivity index (χ0n) is 15.0. The van der Waals surface area contributed by atoms with Gasteiger partial charge in [-0.05, 0) is 37.3 Å². The van der Waals surface area contributed by atoms with E-state index in [0.29, 0.717) is 16.9 Å². The Labute approximate surface area is 164 Å². The Kier molecular flexibility index (Phi) is 4.62. The fraction of sp³-hybridized carbons (Fsp3) is 0.100. The number of hydrogen-bond donors (Lipinski definition) is 3. The average Bonchev–Trinajstić information content (AvgIpc) is 3.27. The van der Waals surface area contributed by atoms with Gasteiger partial charge in [0.1, 0.15) is 0 Å². The molecule has 0 saturated carbocycles. The quantitative estimate of drug-likeness (QED) is 0.484. The summed E-state index contributed by atoms with van der Waals surface area (Å²) < 4.78 is 0. The van der Waals surface area contributed by atoms with E-state index in [9.17, 15) is 9.59 Å². The molecule has 0 aliphatic rings. The van der Waals surface area contributed by atoms with Gasteiger partial charge in [-0.3, -0.25) is 14.7 Å². The molecular formula is C20H17N5O2S. The van der Waals surface area contributed by atoms with Crippen molar-refractivity contribution in [1.29, 1.82) is 0 Å². The first-order valence-corrected chi connectivity index (χ1v) is 9.41. The molecule has 4 aromatic rings. The van der Waals surface area contributed by atoms with Crippen LogP contribution in [0.2, 0.25) is 0 Å². The molecule has 2 aromatic carbocycles. The van der Waals surface area contributed by atoms with Crippen molar-refractivity contribution < 1.29 is 9.59 Å². The Hall–Kier alpha value is -3.52. The summed E-state index contributed by atoms with van der Waals surface area (Å²) in [6, 6.07) is 12.6. The number of anilines is 1. The Bertz CT molecular complexity index is 1190. The minimum Gasteiger partial charge on any atom is -0.366 e. The number of nitrogens with two attached hydrogens (primary N) is 1. The Morgan fingerprint density at radius 3 is 2.82 bits per heavy atom. The summed E-state index contributed by atoms with van der Waals surface area (Å²) in [5.41, 5.74) is 8.78. The number of fused-ring (bicyclic) bond motifs is 1. The number of H-pyrrole nitrogens is 1. The van der Waals surface area contributed by atoms with Gasteiger partial charge in [0.15, 0.2) is 0 Å². The summed E-state index contributed by atoms with van der Waals surface area (Å²) in [5.74, 6) is -0.600. The number of carbonyl (C=O) groups excluding carboxylic acids is 2. The first kappa shape index (κ1) is 17.9.